The molecule has 0 aliphatic heterocycles. The number of aromatic nitrogens is 3. The highest BCUT2D eigenvalue weighted by molar-refractivity contribution is 5.59. The first kappa shape index (κ1) is 15.5. The van der Waals surface area contributed by atoms with Crippen molar-refractivity contribution in [2.75, 3.05) is 25.6 Å². The van der Waals surface area contributed by atoms with E-state index in [1.807, 2.05) is 23.7 Å². The molecule has 0 saturated heterocycles. The van der Waals surface area contributed by atoms with Crippen LogP contribution >= 0.6 is 0 Å². The predicted octanol–water partition coefficient (Wildman–Crippen LogP) is 1.65. The van der Waals surface area contributed by atoms with Gasteiger partial charge >= 0.3 is 0 Å². The molecule has 114 valence electrons. The van der Waals surface area contributed by atoms with Gasteiger partial charge in [-0.3, -0.25) is 0 Å². The molecular weight excluding hydrogens is 266 g/mol. The van der Waals surface area contributed by atoms with Gasteiger partial charge in [-0.15, -0.1) is 10.2 Å². The number of hydrogen-bond acceptors (Lipinski definition) is 5. The van der Waals surface area contributed by atoms with Gasteiger partial charge in [0.1, 0.15) is 6.33 Å². The number of methoxy groups -OCH3 is 1. The Bertz CT molecular complexity index is 537. The van der Waals surface area contributed by atoms with E-state index >= 15 is 0 Å². The largest absolute Gasteiger partial charge is 0.383 e. The van der Waals surface area contributed by atoms with E-state index in [1.54, 1.807) is 13.4 Å². The molecule has 1 atom stereocenters. The maximum Gasteiger partial charge on any atom is 0.163 e. The molecule has 1 heterocycles. The fourth-order valence-corrected chi connectivity index (χ4v) is 2.26. The standard InChI is InChI=1S/C15H23N5O/c1-20-11-17-19-15(20)12-5-7-13(8-6-12)18-14(10-21-2)4-3-9-16/h5-8,11,14,18H,3-4,9-10,16H2,1-2H3. The van der Waals surface area contributed by atoms with Crippen LogP contribution in [0.2, 0.25) is 0 Å². The zero-order valence-electron chi connectivity index (χ0n) is 12.6. The van der Waals surface area contributed by atoms with Crippen LogP contribution in [0.3, 0.4) is 0 Å². The second kappa shape index (κ2) is 7.75. The van der Waals surface area contributed by atoms with E-state index in [0.717, 1.165) is 29.9 Å². The molecule has 2 rings (SSSR count). The van der Waals surface area contributed by atoms with Gasteiger partial charge in [-0.05, 0) is 43.7 Å². The minimum absolute atomic E-state index is 0.277. The Morgan fingerprint density at radius 1 is 1.33 bits per heavy atom. The van der Waals surface area contributed by atoms with Crippen molar-refractivity contribution in [1.29, 1.82) is 0 Å². The summed E-state index contributed by atoms with van der Waals surface area (Å²) in [5.74, 6) is 0.859. The molecule has 1 unspecified atom stereocenters. The van der Waals surface area contributed by atoms with E-state index in [1.165, 1.54) is 0 Å². The lowest BCUT2D eigenvalue weighted by atomic mass is 10.1. The van der Waals surface area contributed by atoms with Crippen LogP contribution in [0, 0.1) is 0 Å². The Balaban J connectivity index is 2.02. The number of benzene rings is 1. The van der Waals surface area contributed by atoms with E-state index < -0.39 is 0 Å². The van der Waals surface area contributed by atoms with Gasteiger partial charge < -0.3 is 20.4 Å². The van der Waals surface area contributed by atoms with Crippen molar-refractivity contribution in [1.82, 2.24) is 14.8 Å². The minimum Gasteiger partial charge on any atom is -0.383 e. The van der Waals surface area contributed by atoms with Gasteiger partial charge in [0, 0.05) is 31.5 Å². The van der Waals surface area contributed by atoms with Crippen molar-refractivity contribution >= 4 is 5.69 Å². The van der Waals surface area contributed by atoms with E-state index in [0.29, 0.717) is 13.2 Å². The van der Waals surface area contributed by atoms with Crippen molar-refractivity contribution < 1.29 is 4.74 Å². The van der Waals surface area contributed by atoms with E-state index in [4.69, 9.17) is 10.5 Å². The highest BCUT2D eigenvalue weighted by Gasteiger charge is 2.09. The number of hydrogen-bond donors (Lipinski definition) is 2. The Kier molecular flexibility index (Phi) is 5.71. The van der Waals surface area contributed by atoms with E-state index in [2.05, 4.69) is 27.6 Å². The van der Waals surface area contributed by atoms with E-state index in [9.17, 15) is 0 Å². The summed E-state index contributed by atoms with van der Waals surface area (Å²) in [5.41, 5.74) is 7.69. The van der Waals surface area contributed by atoms with Crippen molar-refractivity contribution in [3.63, 3.8) is 0 Å². The molecule has 1 aromatic carbocycles. The van der Waals surface area contributed by atoms with Gasteiger partial charge in [-0.1, -0.05) is 0 Å². The molecule has 0 bridgehead atoms. The lowest BCUT2D eigenvalue weighted by Crippen LogP contribution is -2.25. The summed E-state index contributed by atoms with van der Waals surface area (Å²) in [6.45, 7) is 1.37. The minimum atomic E-state index is 0.277. The Morgan fingerprint density at radius 2 is 2.10 bits per heavy atom. The van der Waals surface area contributed by atoms with Gasteiger partial charge in [0.05, 0.1) is 6.61 Å². The van der Waals surface area contributed by atoms with Crippen LogP contribution in [0.15, 0.2) is 30.6 Å². The Labute approximate surface area is 125 Å². The summed E-state index contributed by atoms with van der Waals surface area (Å²) >= 11 is 0. The van der Waals surface area contributed by atoms with Crippen LogP contribution in [0.5, 0.6) is 0 Å². The summed E-state index contributed by atoms with van der Waals surface area (Å²) in [6, 6.07) is 8.46. The molecule has 0 radical (unpaired) electrons. The monoisotopic (exact) mass is 289 g/mol. The highest BCUT2D eigenvalue weighted by atomic mass is 16.5. The SMILES string of the molecule is COCC(CCCN)Nc1ccc(-c2nncn2C)cc1. The number of nitrogens with one attached hydrogen (secondary N) is 1. The lowest BCUT2D eigenvalue weighted by molar-refractivity contribution is 0.182. The van der Waals surface area contributed by atoms with Crippen molar-refractivity contribution in [2.24, 2.45) is 12.8 Å². The molecule has 0 fully saturated rings. The fraction of sp³-hybridized carbons (Fsp3) is 0.467. The summed E-state index contributed by atoms with van der Waals surface area (Å²) in [7, 11) is 3.65. The molecule has 0 amide bonds. The Hall–Kier alpha value is -1.92. The van der Waals surface area contributed by atoms with Crippen LogP contribution in [-0.4, -0.2) is 41.1 Å². The maximum atomic E-state index is 5.57. The second-order valence-electron chi connectivity index (χ2n) is 5.07. The van der Waals surface area contributed by atoms with Gasteiger partial charge in [-0.2, -0.15) is 0 Å². The van der Waals surface area contributed by atoms with Crippen LogP contribution in [0.4, 0.5) is 5.69 Å². The second-order valence-corrected chi connectivity index (χ2v) is 5.07. The molecule has 0 aliphatic rings. The summed E-state index contributed by atoms with van der Waals surface area (Å²) in [4.78, 5) is 0. The quantitative estimate of drug-likeness (QED) is 0.772. The number of rotatable bonds is 8. The number of ether oxygens (including phenoxy) is 1. The molecule has 1 aromatic heterocycles. The van der Waals surface area contributed by atoms with Crippen molar-refractivity contribution in [3.05, 3.63) is 30.6 Å². The third-order valence-corrected chi connectivity index (χ3v) is 3.35. The molecular formula is C15H23N5O. The van der Waals surface area contributed by atoms with Crippen molar-refractivity contribution in [3.8, 4) is 11.4 Å². The molecule has 0 saturated carbocycles. The molecule has 6 nitrogen and oxygen atoms in total. The molecule has 2 aromatic rings. The summed E-state index contributed by atoms with van der Waals surface area (Å²) in [5, 5.41) is 11.5. The summed E-state index contributed by atoms with van der Waals surface area (Å²) < 4.78 is 7.15. The van der Waals surface area contributed by atoms with Gasteiger partial charge in [0.2, 0.25) is 0 Å². The Morgan fingerprint density at radius 3 is 2.67 bits per heavy atom. The molecule has 21 heavy (non-hydrogen) atoms. The number of nitrogens with zero attached hydrogens (tertiary/aromatic N) is 3. The molecule has 0 aliphatic carbocycles. The molecule has 6 heteroatoms. The predicted molar refractivity (Wildman–Crippen MR) is 84.0 cm³/mol. The number of nitrogens with two attached hydrogens (primary N) is 1. The average molecular weight is 289 g/mol. The first-order valence-corrected chi connectivity index (χ1v) is 7.14. The number of aryl methyl sites for hydroxylation is 1. The topological polar surface area (TPSA) is 78.0 Å². The first-order chi connectivity index (χ1) is 10.2. The van der Waals surface area contributed by atoms with Crippen LogP contribution in [0.25, 0.3) is 11.4 Å². The van der Waals surface area contributed by atoms with Gasteiger partial charge in [0.15, 0.2) is 5.82 Å². The highest BCUT2D eigenvalue weighted by Crippen LogP contribution is 2.19. The molecule has 3 N–H and O–H groups in total. The van der Waals surface area contributed by atoms with Crippen molar-refractivity contribution in [2.45, 2.75) is 18.9 Å². The van der Waals surface area contributed by atoms with Gasteiger partial charge in [0.25, 0.3) is 0 Å². The first-order valence-electron chi connectivity index (χ1n) is 7.14. The lowest BCUT2D eigenvalue weighted by Gasteiger charge is -2.19. The summed E-state index contributed by atoms with van der Waals surface area (Å²) in [6.07, 6.45) is 3.68. The average Bonchev–Trinajstić information content (AvgIpc) is 2.92. The zero-order chi connectivity index (χ0) is 15.1. The normalized spacial score (nSPS) is 12.3. The van der Waals surface area contributed by atoms with Crippen LogP contribution in [0.1, 0.15) is 12.8 Å². The van der Waals surface area contributed by atoms with E-state index in [-0.39, 0.29) is 6.04 Å². The van der Waals surface area contributed by atoms with Gasteiger partial charge in [-0.25, -0.2) is 0 Å². The molecule has 0 spiro atoms. The number of anilines is 1. The van der Waals surface area contributed by atoms with Crippen LogP contribution < -0.4 is 11.1 Å². The third-order valence-electron chi connectivity index (χ3n) is 3.35. The van der Waals surface area contributed by atoms with Crippen LogP contribution in [-0.2, 0) is 11.8 Å². The smallest absolute Gasteiger partial charge is 0.163 e. The fourth-order valence-electron chi connectivity index (χ4n) is 2.26. The zero-order valence-corrected chi connectivity index (χ0v) is 12.6. The maximum absolute atomic E-state index is 5.57. The third kappa shape index (κ3) is 4.27.